The minimum atomic E-state index is -0.829. The van der Waals surface area contributed by atoms with Gasteiger partial charge in [-0.05, 0) is 41.0 Å². The first-order valence-corrected chi connectivity index (χ1v) is 8.53. The van der Waals surface area contributed by atoms with Gasteiger partial charge in [0.15, 0.2) is 0 Å². The summed E-state index contributed by atoms with van der Waals surface area (Å²) in [5, 5.41) is 13.2. The van der Waals surface area contributed by atoms with Gasteiger partial charge < -0.3 is 14.8 Å². The third-order valence-electron chi connectivity index (χ3n) is 4.71. The van der Waals surface area contributed by atoms with Gasteiger partial charge in [0.05, 0.1) is 19.0 Å². The third kappa shape index (κ3) is 2.74. The maximum atomic E-state index is 11.0. The molecule has 0 aliphatic carbocycles. The Balaban J connectivity index is 1.78. The lowest BCUT2D eigenvalue weighted by Gasteiger charge is -2.15. The van der Waals surface area contributed by atoms with Crippen LogP contribution in [0.15, 0.2) is 66.9 Å². The molecule has 1 unspecified atom stereocenters. The topological polar surface area (TPSA) is 58.1 Å². The van der Waals surface area contributed by atoms with Crippen LogP contribution >= 0.6 is 0 Å². The van der Waals surface area contributed by atoms with Crippen LogP contribution < -0.4 is 4.74 Å². The number of aliphatic hydroxyl groups excluding tert-OH is 1. The van der Waals surface area contributed by atoms with Crippen molar-refractivity contribution in [3.8, 4) is 17.0 Å². The summed E-state index contributed by atoms with van der Waals surface area (Å²) in [5.41, 5.74) is 3.64. The predicted molar refractivity (Wildman–Crippen MR) is 103 cm³/mol. The molecule has 3 aromatic carbocycles. The number of aromatic amines is 1. The first kappa shape index (κ1) is 16.4. The van der Waals surface area contributed by atoms with E-state index in [9.17, 15) is 5.11 Å². The number of benzene rings is 3. The Morgan fingerprint density at radius 2 is 1.77 bits per heavy atom. The molecule has 0 fully saturated rings. The number of para-hydroxylation sites is 1. The molecule has 1 atom stereocenters. The van der Waals surface area contributed by atoms with Gasteiger partial charge in [-0.25, -0.2) is 4.98 Å². The highest BCUT2D eigenvalue weighted by atomic mass is 16.5. The summed E-state index contributed by atoms with van der Waals surface area (Å²) < 4.78 is 5.42. The van der Waals surface area contributed by atoms with Crippen molar-refractivity contribution in [2.24, 2.45) is 0 Å². The number of nitrogens with one attached hydrogen (secondary N) is 1. The monoisotopic (exact) mass is 344 g/mol. The lowest BCUT2D eigenvalue weighted by atomic mass is 9.95. The first-order chi connectivity index (χ1) is 12.7. The van der Waals surface area contributed by atoms with E-state index in [0.717, 1.165) is 38.9 Å². The van der Waals surface area contributed by atoms with Crippen LogP contribution in [0.2, 0.25) is 0 Å². The second-order valence-electron chi connectivity index (χ2n) is 6.30. The SMILES string of the molecule is COc1ccccc1-c1cnc(C(O)c2c(C)ccc3ccccc23)[nH]1. The maximum absolute atomic E-state index is 11.0. The number of hydrogen-bond acceptors (Lipinski definition) is 3. The molecule has 0 saturated carbocycles. The van der Waals surface area contributed by atoms with Gasteiger partial charge in [0.2, 0.25) is 0 Å². The second-order valence-corrected chi connectivity index (χ2v) is 6.30. The highest BCUT2D eigenvalue weighted by molar-refractivity contribution is 5.87. The van der Waals surface area contributed by atoms with Crippen LogP contribution in [0.25, 0.3) is 22.0 Å². The van der Waals surface area contributed by atoms with E-state index in [0.29, 0.717) is 5.82 Å². The van der Waals surface area contributed by atoms with Crippen molar-refractivity contribution in [1.29, 1.82) is 0 Å². The van der Waals surface area contributed by atoms with Crippen molar-refractivity contribution in [2.75, 3.05) is 7.11 Å². The molecule has 0 aliphatic heterocycles. The number of H-pyrrole nitrogens is 1. The van der Waals surface area contributed by atoms with E-state index in [4.69, 9.17) is 4.74 Å². The zero-order chi connectivity index (χ0) is 18.1. The highest BCUT2D eigenvalue weighted by Crippen LogP contribution is 2.33. The van der Waals surface area contributed by atoms with Gasteiger partial charge in [0.25, 0.3) is 0 Å². The lowest BCUT2D eigenvalue weighted by molar-refractivity contribution is 0.212. The van der Waals surface area contributed by atoms with Crippen LogP contribution in [0, 0.1) is 6.92 Å². The number of aromatic nitrogens is 2. The number of imidazole rings is 1. The lowest BCUT2D eigenvalue weighted by Crippen LogP contribution is -2.05. The fourth-order valence-corrected chi connectivity index (χ4v) is 3.38. The number of nitrogens with zero attached hydrogens (tertiary/aromatic N) is 1. The molecular weight excluding hydrogens is 324 g/mol. The Morgan fingerprint density at radius 1 is 1.00 bits per heavy atom. The molecule has 4 aromatic rings. The van der Waals surface area contributed by atoms with Gasteiger partial charge in [-0.15, -0.1) is 0 Å². The van der Waals surface area contributed by atoms with Crippen LogP contribution in [0.3, 0.4) is 0 Å². The molecule has 1 heterocycles. The Kier molecular flexibility index (Phi) is 4.19. The average molecular weight is 344 g/mol. The maximum Gasteiger partial charge on any atom is 0.140 e. The molecule has 0 aliphatic rings. The van der Waals surface area contributed by atoms with E-state index in [1.54, 1.807) is 13.3 Å². The van der Waals surface area contributed by atoms with Crippen LogP contribution in [0.4, 0.5) is 0 Å². The molecular formula is C22H20N2O2. The number of methoxy groups -OCH3 is 1. The van der Waals surface area contributed by atoms with Crippen molar-refractivity contribution in [3.63, 3.8) is 0 Å². The number of fused-ring (bicyclic) bond motifs is 1. The van der Waals surface area contributed by atoms with Crippen molar-refractivity contribution in [1.82, 2.24) is 9.97 Å². The fourth-order valence-electron chi connectivity index (χ4n) is 3.38. The molecule has 4 heteroatoms. The summed E-state index contributed by atoms with van der Waals surface area (Å²) >= 11 is 0. The number of ether oxygens (including phenoxy) is 1. The smallest absolute Gasteiger partial charge is 0.140 e. The first-order valence-electron chi connectivity index (χ1n) is 8.53. The summed E-state index contributed by atoms with van der Waals surface area (Å²) in [6.45, 7) is 2.01. The standard InChI is InChI=1S/C22H20N2O2/c1-14-11-12-15-7-3-4-8-16(15)20(14)21(25)22-23-13-18(24-22)17-9-5-6-10-19(17)26-2/h3-13,21,25H,1-2H3,(H,23,24). The summed E-state index contributed by atoms with van der Waals surface area (Å²) in [6.07, 6.45) is 0.904. The number of hydrogen-bond donors (Lipinski definition) is 2. The Hall–Kier alpha value is -3.11. The third-order valence-corrected chi connectivity index (χ3v) is 4.71. The minimum absolute atomic E-state index is 0.519. The molecule has 0 saturated heterocycles. The van der Waals surface area contributed by atoms with Crippen molar-refractivity contribution in [2.45, 2.75) is 13.0 Å². The van der Waals surface area contributed by atoms with Crippen molar-refractivity contribution < 1.29 is 9.84 Å². The van der Waals surface area contributed by atoms with E-state index in [1.165, 1.54) is 0 Å². The highest BCUT2D eigenvalue weighted by Gasteiger charge is 2.20. The normalized spacial score (nSPS) is 12.3. The summed E-state index contributed by atoms with van der Waals surface area (Å²) in [6, 6.07) is 19.9. The molecule has 0 spiro atoms. The minimum Gasteiger partial charge on any atom is -0.496 e. The zero-order valence-corrected chi connectivity index (χ0v) is 14.7. The van der Waals surface area contributed by atoms with Crippen LogP contribution in [0.5, 0.6) is 5.75 Å². The Morgan fingerprint density at radius 3 is 2.62 bits per heavy atom. The quantitative estimate of drug-likeness (QED) is 0.567. The molecule has 0 radical (unpaired) electrons. The average Bonchev–Trinajstić information content (AvgIpc) is 3.17. The summed E-state index contributed by atoms with van der Waals surface area (Å²) in [4.78, 5) is 7.68. The van der Waals surface area contributed by atoms with Crippen molar-refractivity contribution in [3.05, 3.63) is 83.8 Å². The van der Waals surface area contributed by atoms with Crippen molar-refractivity contribution >= 4 is 10.8 Å². The van der Waals surface area contributed by atoms with Gasteiger partial charge in [-0.3, -0.25) is 0 Å². The Bertz CT molecular complexity index is 1070. The molecule has 130 valence electrons. The van der Waals surface area contributed by atoms with E-state index < -0.39 is 6.10 Å². The molecule has 4 rings (SSSR count). The van der Waals surface area contributed by atoms with Gasteiger partial charge in [0, 0.05) is 5.56 Å². The molecule has 0 amide bonds. The van der Waals surface area contributed by atoms with Crippen LogP contribution in [-0.2, 0) is 0 Å². The number of rotatable bonds is 4. The fraction of sp³-hybridized carbons (Fsp3) is 0.136. The summed E-state index contributed by atoms with van der Waals surface area (Å²) in [5.74, 6) is 1.28. The number of aliphatic hydroxyl groups is 1. The molecule has 26 heavy (non-hydrogen) atoms. The van der Waals surface area contributed by atoms with Gasteiger partial charge in [-0.1, -0.05) is 48.5 Å². The van der Waals surface area contributed by atoms with E-state index >= 15 is 0 Å². The predicted octanol–water partition coefficient (Wildman–Crippen LogP) is 4.63. The zero-order valence-electron chi connectivity index (χ0n) is 14.7. The van der Waals surface area contributed by atoms with Crippen LogP contribution in [-0.4, -0.2) is 22.2 Å². The molecule has 1 aromatic heterocycles. The van der Waals surface area contributed by atoms with Gasteiger partial charge in [0.1, 0.15) is 17.7 Å². The molecule has 2 N–H and O–H groups in total. The second kappa shape index (κ2) is 6.65. The van der Waals surface area contributed by atoms with Gasteiger partial charge >= 0.3 is 0 Å². The van der Waals surface area contributed by atoms with E-state index in [1.807, 2.05) is 61.5 Å². The van der Waals surface area contributed by atoms with Crippen LogP contribution in [0.1, 0.15) is 23.1 Å². The Labute approximate surface area is 152 Å². The molecule has 0 bridgehead atoms. The largest absolute Gasteiger partial charge is 0.496 e. The number of aryl methyl sites for hydroxylation is 1. The van der Waals surface area contributed by atoms with E-state index in [-0.39, 0.29) is 0 Å². The van der Waals surface area contributed by atoms with Gasteiger partial charge in [-0.2, -0.15) is 0 Å². The summed E-state index contributed by atoms with van der Waals surface area (Å²) in [7, 11) is 1.64. The molecule has 4 nitrogen and oxygen atoms in total. The van der Waals surface area contributed by atoms with E-state index in [2.05, 4.69) is 16.0 Å².